The summed E-state index contributed by atoms with van der Waals surface area (Å²) in [6, 6.07) is 90.0. The first-order valence-electron chi connectivity index (χ1n) is 25.6. The maximum atomic E-state index is 5.49. The Balaban J connectivity index is 0.984. The van der Waals surface area contributed by atoms with Crippen LogP contribution in [-0.4, -0.2) is 24.1 Å². The van der Waals surface area contributed by atoms with Crippen molar-refractivity contribution in [1.29, 1.82) is 0 Å². The molecule has 354 valence electrons. The Morgan fingerprint density at radius 2 is 0.645 bits per heavy atom. The molecule has 16 rings (SSSR count). The van der Waals surface area contributed by atoms with Gasteiger partial charge in [0.15, 0.2) is 17.5 Å². The van der Waals surface area contributed by atoms with Gasteiger partial charge in [-0.25, -0.2) is 15.0 Å². The average molecular weight is 1000 g/mol. The lowest BCUT2D eigenvalue weighted by atomic mass is 9.92. The third-order valence-electron chi connectivity index (χ3n) is 15.2. The molecule has 0 unspecified atom stereocenters. The lowest BCUT2D eigenvalue weighted by Gasteiger charge is -2.21. The fourth-order valence-electron chi connectivity index (χ4n) is 11.7. The van der Waals surface area contributed by atoms with Gasteiger partial charge in [0.1, 0.15) is 0 Å². The van der Waals surface area contributed by atoms with Crippen molar-refractivity contribution in [3.05, 3.63) is 249 Å². The molecule has 0 aliphatic heterocycles. The molecule has 7 heteroatoms. The van der Waals surface area contributed by atoms with Gasteiger partial charge in [-0.15, -0.1) is 22.7 Å². The Hall–Kier alpha value is -9.53. The normalized spacial score (nSPS) is 11.9. The first-order valence-corrected chi connectivity index (χ1v) is 27.2. The van der Waals surface area contributed by atoms with Gasteiger partial charge in [-0.2, -0.15) is 0 Å². The number of para-hydroxylation sites is 3. The number of fused-ring (bicyclic) bond motifs is 12. The average Bonchev–Trinajstić information content (AvgIpc) is 4.35. The smallest absolute Gasteiger partial charge is 0.164 e. The molecule has 0 aliphatic carbocycles. The van der Waals surface area contributed by atoms with E-state index in [1.807, 2.05) is 0 Å². The zero-order valence-corrected chi connectivity index (χ0v) is 42.4. The third-order valence-corrected chi connectivity index (χ3v) is 17.4. The van der Waals surface area contributed by atoms with Gasteiger partial charge in [-0.05, 0) is 83.9 Å². The standard InChI is InChI=1S/C69H41N5S2/c1-4-18-42(19-5-1)54-36-46(69-71-67(44-32-34-52-50-26-12-16-30-62(50)75-64(52)38-44)70-68(72-69)45-33-35-53-51-27-13-17-31-63(51)76-65(53)39-45)37-55(43-20-6-2-7-21-43)66(54)74-59-29-15-11-25-49(59)57-40-60-56(41-61(57)74)48-24-10-14-28-58(48)73(60)47-22-8-3-9-23-47/h1-41H. The van der Waals surface area contributed by atoms with Crippen molar-refractivity contribution < 1.29 is 0 Å². The fourth-order valence-corrected chi connectivity index (χ4v) is 14.0. The van der Waals surface area contributed by atoms with Crippen LogP contribution < -0.4 is 0 Å². The highest BCUT2D eigenvalue weighted by Gasteiger charge is 2.25. The van der Waals surface area contributed by atoms with E-state index in [0.29, 0.717) is 17.5 Å². The lowest BCUT2D eigenvalue weighted by molar-refractivity contribution is 1.07. The van der Waals surface area contributed by atoms with Gasteiger partial charge in [0, 0.05) is 95.4 Å². The second kappa shape index (κ2) is 17.0. The zero-order valence-electron chi connectivity index (χ0n) is 40.7. The summed E-state index contributed by atoms with van der Waals surface area (Å²) in [5, 5.41) is 9.76. The highest BCUT2D eigenvalue weighted by atomic mass is 32.1. The van der Waals surface area contributed by atoms with Crippen molar-refractivity contribution >= 4 is 107 Å². The molecule has 0 aliphatic rings. The summed E-state index contributed by atoms with van der Waals surface area (Å²) in [5.74, 6) is 1.86. The minimum absolute atomic E-state index is 0.603. The monoisotopic (exact) mass is 1000 g/mol. The second-order valence-electron chi connectivity index (χ2n) is 19.5. The fraction of sp³-hybridized carbons (Fsp3) is 0. The number of hydrogen-bond donors (Lipinski definition) is 0. The van der Waals surface area contributed by atoms with E-state index in [4.69, 9.17) is 15.0 Å². The van der Waals surface area contributed by atoms with Crippen molar-refractivity contribution in [3.63, 3.8) is 0 Å². The predicted octanol–water partition coefficient (Wildman–Crippen LogP) is 19.1. The van der Waals surface area contributed by atoms with Crippen molar-refractivity contribution in [2.24, 2.45) is 0 Å². The minimum atomic E-state index is 0.603. The van der Waals surface area contributed by atoms with Crippen LogP contribution in [0.5, 0.6) is 0 Å². The van der Waals surface area contributed by atoms with E-state index in [0.717, 1.165) is 61.4 Å². The Bertz CT molecular complexity index is 4800. The van der Waals surface area contributed by atoms with E-state index >= 15 is 0 Å². The van der Waals surface area contributed by atoms with Gasteiger partial charge >= 0.3 is 0 Å². The van der Waals surface area contributed by atoms with Crippen molar-refractivity contribution in [1.82, 2.24) is 24.1 Å². The molecule has 0 spiro atoms. The molecule has 76 heavy (non-hydrogen) atoms. The zero-order chi connectivity index (χ0) is 49.8. The Morgan fingerprint density at radius 3 is 1.16 bits per heavy atom. The highest BCUT2D eigenvalue weighted by molar-refractivity contribution is 7.26. The number of nitrogens with zero attached hydrogens (tertiary/aromatic N) is 5. The molecule has 0 fully saturated rings. The van der Waals surface area contributed by atoms with E-state index in [9.17, 15) is 0 Å². The summed E-state index contributed by atoms with van der Waals surface area (Å²) in [6.45, 7) is 0. The summed E-state index contributed by atoms with van der Waals surface area (Å²) in [4.78, 5) is 16.3. The summed E-state index contributed by atoms with van der Waals surface area (Å²) >= 11 is 3.61. The summed E-state index contributed by atoms with van der Waals surface area (Å²) in [6.07, 6.45) is 0. The van der Waals surface area contributed by atoms with Crippen molar-refractivity contribution in [2.75, 3.05) is 0 Å². The minimum Gasteiger partial charge on any atom is -0.309 e. The molecule has 5 nitrogen and oxygen atoms in total. The van der Waals surface area contributed by atoms with Crippen LogP contribution in [0.2, 0.25) is 0 Å². The Morgan fingerprint density at radius 1 is 0.250 bits per heavy atom. The van der Waals surface area contributed by atoms with E-state index in [-0.39, 0.29) is 0 Å². The molecule has 16 aromatic rings. The summed E-state index contributed by atoms with van der Waals surface area (Å²) < 4.78 is 9.84. The molecule has 5 heterocycles. The van der Waals surface area contributed by atoms with Gasteiger partial charge in [-0.3, -0.25) is 0 Å². The number of rotatable bonds is 7. The number of aromatic nitrogens is 5. The molecule has 0 atom stereocenters. The van der Waals surface area contributed by atoms with Crippen LogP contribution in [0.4, 0.5) is 0 Å². The van der Waals surface area contributed by atoms with Crippen LogP contribution in [0.15, 0.2) is 249 Å². The molecule has 0 amide bonds. The molecule has 11 aromatic carbocycles. The number of thiophene rings is 2. The van der Waals surface area contributed by atoms with Crippen LogP contribution in [-0.2, 0) is 0 Å². The SMILES string of the molecule is c1ccc(-c2cc(-c3nc(-c4ccc5c(c4)sc4ccccc45)nc(-c4ccc5c(c4)sc4ccccc45)n3)cc(-c3ccccc3)c2-n2c3ccccc3c3cc4c(cc32)c2ccccc2n4-c2ccccc2)cc1. The highest BCUT2D eigenvalue weighted by Crippen LogP contribution is 2.46. The summed E-state index contributed by atoms with van der Waals surface area (Å²) in [5.41, 5.74) is 13.9. The van der Waals surface area contributed by atoms with Crippen molar-refractivity contribution in [3.8, 4) is 67.8 Å². The molecule has 0 N–H and O–H groups in total. The maximum absolute atomic E-state index is 5.49. The molecular weight excluding hydrogens is 963 g/mol. The van der Waals surface area contributed by atoms with Gasteiger partial charge in [0.05, 0.1) is 27.8 Å². The maximum Gasteiger partial charge on any atom is 0.164 e. The van der Waals surface area contributed by atoms with Gasteiger partial charge in [-0.1, -0.05) is 176 Å². The summed E-state index contributed by atoms with van der Waals surface area (Å²) in [7, 11) is 0. The molecule has 0 bridgehead atoms. The predicted molar refractivity (Wildman–Crippen MR) is 321 cm³/mol. The van der Waals surface area contributed by atoms with E-state index in [1.165, 1.54) is 72.9 Å². The van der Waals surface area contributed by atoms with Crippen LogP contribution in [0.1, 0.15) is 0 Å². The molecule has 0 radical (unpaired) electrons. The van der Waals surface area contributed by atoms with E-state index in [1.54, 1.807) is 22.7 Å². The van der Waals surface area contributed by atoms with E-state index in [2.05, 4.69) is 258 Å². The van der Waals surface area contributed by atoms with E-state index < -0.39 is 0 Å². The van der Waals surface area contributed by atoms with Gasteiger partial charge in [0.2, 0.25) is 0 Å². The lowest BCUT2D eigenvalue weighted by Crippen LogP contribution is -2.04. The first kappa shape index (κ1) is 42.9. The quantitative estimate of drug-likeness (QED) is 0.160. The molecule has 0 saturated heterocycles. The molecule has 0 saturated carbocycles. The van der Waals surface area contributed by atoms with Gasteiger partial charge in [0.25, 0.3) is 0 Å². The Kier molecular flexibility index (Phi) is 9.61. The van der Waals surface area contributed by atoms with Crippen LogP contribution >= 0.6 is 22.7 Å². The number of hydrogen-bond acceptors (Lipinski definition) is 5. The molecule has 5 aromatic heterocycles. The van der Waals surface area contributed by atoms with Crippen LogP contribution in [0.3, 0.4) is 0 Å². The largest absolute Gasteiger partial charge is 0.309 e. The number of benzene rings is 11. The topological polar surface area (TPSA) is 48.5 Å². The third kappa shape index (κ3) is 6.73. The second-order valence-corrected chi connectivity index (χ2v) is 21.7. The van der Waals surface area contributed by atoms with Crippen LogP contribution in [0.25, 0.3) is 152 Å². The Labute approximate surface area is 444 Å². The molecular formula is C69H41N5S2. The van der Waals surface area contributed by atoms with Crippen LogP contribution in [0, 0.1) is 0 Å². The first-order chi connectivity index (χ1) is 37.7. The van der Waals surface area contributed by atoms with Crippen molar-refractivity contribution in [2.45, 2.75) is 0 Å². The van der Waals surface area contributed by atoms with Gasteiger partial charge < -0.3 is 9.13 Å².